The van der Waals surface area contributed by atoms with Gasteiger partial charge in [-0.1, -0.05) is 53.5 Å². The van der Waals surface area contributed by atoms with Crippen LogP contribution in [0.25, 0.3) is 0 Å². The van der Waals surface area contributed by atoms with Gasteiger partial charge in [0.2, 0.25) is 0 Å². The second-order valence-electron chi connectivity index (χ2n) is 6.17. The van der Waals surface area contributed by atoms with E-state index in [0.717, 1.165) is 0 Å². The Morgan fingerprint density at radius 3 is 2.07 bits per heavy atom. The molecule has 2 rings (SSSR count). The smallest absolute Gasteiger partial charge is 0.138 e. The van der Waals surface area contributed by atoms with E-state index in [1.165, 1.54) is 48.4 Å². The fraction of sp³-hybridized carbons (Fsp3) is 0.381. The maximum Gasteiger partial charge on any atom is 0.138 e. The van der Waals surface area contributed by atoms with E-state index >= 15 is 0 Å². The van der Waals surface area contributed by atoms with Crippen LogP contribution < -0.4 is 9.84 Å². The molecule has 0 bridgehead atoms. The summed E-state index contributed by atoms with van der Waals surface area (Å²) in [4.78, 5) is 10.0. The van der Waals surface area contributed by atoms with Crippen molar-refractivity contribution in [2.75, 3.05) is 26.2 Å². The fourth-order valence-electron chi connectivity index (χ4n) is 2.71. The van der Waals surface area contributed by atoms with Gasteiger partial charge in [0.05, 0.1) is 30.6 Å². The first-order chi connectivity index (χ1) is 12.9. The first-order valence-electron chi connectivity index (χ1n) is 9.02. The van der Waals surface area contributed by atoms with E-state index in [4.69, 9.17) is 27.9 Å². The minimum Gasteiger partial charge on any atom is -0.546 e. The predicted molar refractivity (Wildman–Crippen MR) is 109 cm³/mol. The molecule has 0 radical (unpaired) electrons. The molecule has 0 aliphatic heterocycles. The van der Waals surface area contributed by atoms with Gasteiger partial charge < -0.3 is 19.1 Å². The van der Waals surface area contributed by atoms with Crippen LogP contribution >= 0.6 is 23.2 Å². The van der Waals surface area contributed by atoms with Gasteiger partial charge in [0.25, 0.3) is 0 Å². The SMILES string of the molecule is CC[N+](CC)(CC)Cc1ccccc1.O=C([O-])COc1ccc(Cl)cc1Cl. The minimum atomic E-state index is -1.30. The van der Waals surface area contributed by atoms with Gasteiger partial charge in [-0.25, -0.2) is 0 Å². The highest BCUT2D eigenvalue weighted by atomic mass is 35.5. The lowest BCUT2D eigenvalue weighted by Crippen LogP contribution is -2.46. The number of halogens is 2. The second-order valence-corrected chi connectivity index (χ2v) is 7.01. The lowest BCUT2D eigenvalue weighted by molar-refractivity contribution is -0.936. The van der Waals surface area contributed by atoms with Crippen molar-refractivity contribution in [3.8, 4) is 5.75 Å². The number of hydrogen-bond acceptors (Lipinski definition) is 3. The number of carbonyl (C=O) groups is 1. The van der Waals surface area contributed by atoms with E-state index in [0.29, 0.717) is 5.02 Å². The molecular formula is C21H27Cl2NO3. The average Bonchev–Trinajstić information content (AvgIpc) is 2.67. The van der Waals surface area contributed by atoms with E-state index in [2.05, 4.69) is 51.1 Å². The Hall–Kier alpha value is -1.75. The first kappa shape index (κ1) is 23.3. The second kappa shape index (κ2) is 11.9. The van der Waals surface area contributed by atoms with Crippen LogP contribution in [0.3, 0.4) is 0 Å². The van der Waals surface area contributed by atoms with Gasteiger partial charge in [-0.2, -0.15) is 0 Å². The monoisotopic (exact) mass is 411 g/mol. The topological polar surface area (TPSA) is 49.4 Å². The number of quaternary nitrogens is 1. The Kier molecular flexibility index (Phi) is 10.2. The quantitative estimate of drug-likeness (QED) is 0.611. The van der Waals surface area contributed by atoms with Crippen LogP contribution in [0.2, 0.25) is 10.0 Å². The molecule has 0 N–H and O–H groups in total. The highest BCUT2D eigenvalue weighted by molar-refractivity contribution is 6.35. The van der Waals surface area contributed by atoms with Crippen molar-refractivity contribution in [1.82, 2.24) is 0 Å². The van der Waals surface area contributed by atoms with Crippen molar-refractivity contribution >= 4 is 29.2 Å². The number of rotatable bonds is 8. The van der Waals surface area contributed by atoms with Gasteiger partial charge in [0.1, 0.15) is 18.9 Å². The predicted octanol–water partition coefficient (Wildman–Crippen LogP) is 4.19. The molecular weight excluding hydrogens is 385 g/mol. The third-order valence-corrected chi connectivity index (χ3v) is 5.14. The number of aliphatic carboxylic acids is 1. The maximum atomic E-state index is 10.0. The molecule has 0 spiro atoms. The highest BCUT2D eigenvalue weighted by Crippen LogP contribution is 2.27. The molecule has 0 saturated heterocycles. The van der Waals surface area contributed by atoms with Crippen molar-refractivity contribution < 1.29 is 19.1 Å². The molecule has 0 aromatic heterocycles. The third-order valence-electron chi connectivity index (χ3n) is 4.61. The normalized spacial score (nSPS) is 10.7. The van der Waals surface area contributed by atoms with Crippen molar-refractivity contribution in [1.29, 1.82) is 0 Å². The number of nitrogens with zero attached hydrogens (tertiary/aromatic N) is 1. The molecule has 0 aliphatic carbocycles. The molecule has 0 unspecified atom stereocenters. The molecule has 0 amide bonds. The molecule has 4 nitrogen and oxygen atoms in total. The maximum absolute atomic E-state index is 10.0. The Balaban J connectivity index is 0.000000271. The summed E-state index contributed by atoms with van der Waals surface area (Å²) < 4.78 is 6.00. The Labute approximate surface area is 171 Å². The first-order valence-corrected chi connectivity index (χ1v) is 9.78. The molecule has 2 aromatic rings. The summed E-state index contributed by atoms with van der Waals surface area (Å²) >= 11 is 11.3. The van der Waals surface area contributed by atoms with Gasteiger partial charge >= 0.3 is 0 Å². The van der Waals surface area contributed by atoms with Crippen LogP contribution in [0.1, 0.15) is 26.3 Å². The molecule has 0 saturated carbocycles. The summed E-state index contributed by atoms with van der Waals surface area (Å²) in [7, 11) is 0. The summed E-state index contributed by atoms with van der Waals surface area (Å²) in [6.07, 6.45) is 0. The van der Waals surface area contributed by atoms with Crippen molar-refractivity contribution in [3.63, 3.8) is 0 Å². The van der Waals surface area contributed by atoms with Gasteiger partial charge in [0.15, 0.2) is 0 Å². The molecule has 0 atom stereocenters. The molecule has 0 fully saturated rings. The summed E-state index contributed by atoms with van der Waals surface area (Å²) in [6, 6.07) is 15.3. The zero-order valence-corrected chi connectivity index (χ0v) is 17.6. The number of hydrogen-bond donors (Lipinski definition) is 0. The molecule has 2 aromatic carbocycles. The van der Waals surface area contributed by atoms with Crippen LogP contribution in [-0.2, 0) is 11.3 Å². The highest BCUT2D eigenvalue weighted by Gasteiger charge is 2.20. The van der Waals surface area contributed by atoms with Crippen LogP contribution in [0.5, 0.6) is 5.75 Å². The molecule has 0 aliphatic rings. The van der Waals surface area contributed by atoms with Crippen LogP contribution in [0.4, 0.5) is 0 Å². The number of ether oxygens (including phenoxy) is 1. The zero-order chi connectivity index (χ0) is 20.3. The van der Waals surface area contributed by atoms with Gasteiger partial charge in [0, 0.05) is 10.6 Å². The lowest BCUT2D eigenvalue weighted by Gasteiger charge is -2.35. The molecule has 6 heteroatoms. The Bertz CT molecular complexity index is 696. The van der Waals surface area contributed by atoms with Crippen molar-refractivity contribution in [3.05, 3.63) is 64.1 Å². The number of carboxylic acid groups (broad SMARTS) is 1. The largest absolute Gasteiger partial charge is 0.546 e. The Morgan fingerprint density at radius 1 is 1.00 bits per heavy atom. The molecule has 148 valence electrons. The summed E-state index contributed by atoms with van der Waals surface area (Å²) in [5.41, 5.74) is 1.46. The Morgan fingerprint density at radius 2 is 1.59 bits per heavy atom. The lowest BCUT2D eigenvalue weighted by atomic mass is 10.2. The van der Waals surface area contributed by atoms with Crippen molar-refractivity contribution in [2.24, 2.45) is 0 Å². The van der Waals surface area contributed by atoms with Gasteiger partial charge in [-0.15, -0.1) is 0 Å². The summed E-state index contributed by atoms with van der Waals surface area (Å²) in [5, 5.41) is 10.8. The minimum absolute atomic E-state index is 0.272. The van der Waals surface area contributed by atoms with Crippen LogP contribution in [0, 0.1) is 0 Å². The van der Waals surface area contributed by atoms with E-state index in [1.807, 2.05) is 0 Å². The van der Waals surface area contributed by atoms with E-state index in [1.54, 1.807) is 6.07 Å². The van der Waals surface area contributed by atoms with Gasteiger partial charge in [-0.3, -0.25) is 0 Å². The summed E-state index contributed by atoms with van der Waals surface area (Å²) in [6.45, 7) is 11.2. The molecule has 0 heterocycles. The van der Waals surface area contributed by atoms with E-state index in [9.17, 15) is 9.90 Å². The zero-order valence-electron chi connectivity index (χ0n) is 16.1. The van der Waals surface area contributed by atoms with Crippen molar-refractivity contribution in [2.45, 2.75) is 27.3 Å². The average molecular weight is 412 g/mol. The summed E-state index contributed by atoms with van der Waals surface area (Å²) in [5.74, 6) is -1.03. The van der Waals surface area contributed by atoms with Crippen LogP contribution in [0.15, 0.2) is 48.5 Å². The van der Waals surface area contributed by atoms with E-state index < -0.39 is 12.6 Å². The number of carbonyl (C=O) groups excluding carboxylic acids is 1. The van der Waals surface area contributed by atoms with E-state index in [-0.39, 0.29) is 10.8 Å². The number of benzene rings is 2. The fourth-order valence-corrected chi connectivity index (χ4v) is 3.17. The molecule has 27 heavy (non-hydrogen) atoms. The van der Waals surface area contributed by atoms with Gasteiger partial charge in [-0.05, 0) is 39.0 Å². The standard InChI is InChI=1S/C13H22N.C8H6Cl2O3/c1-4-14(5-2,6-3)12-13-10-8-7-9-11-13;9-5-1-2-7(6(10)3-5)13-4-8(11)12/h7-11H,4-6,12H2,1-3H3;1-3H,4H2,(H,11,12)/q+1;/p-1. The van der Waals surface area contributed by atoms with Crippen LogP contribution in [-0.4, -0.2) is 36.7 Å². The number of carboxylic acids is 1. The third kappa shape index (κ3) is 8.21.